The maximum absolute atomic E-state index is 13.0. The van der Waals surface area contributed by atoms with Crippen molar-refractivity contribution >= 4 is 17.7 Å². The quantitative estimate of drug-likeness (QED) is 0.533. The molecule has 28 heavy (non-hydrogen) atoms. The number of benzene rings is 2. The minimum absolute atomic E-state index is 0.0662. The van der Waals surface area contributed by atoms with Crippen LogP contribution >= 0.6 is 0 Å². The smallest absolute Gasteiger partial charge is 0.328 e. The van der Waals surface area contributed by atoms with Crippen molar-refractivity contribution in [2.45, 2.75) is 32.7 Å². The summed E-state index contributed by atoms with van der Waals surface area (Å²) < 4.78 is 4.80. The van der Waals surface area contributed by atoms with E-state index in [1.165, 1.54) is 7.11 Å². The van der Waals surface area contributed by atoms with Gasteiger partial charge in [-0.2, -0.15) is 0 Å². The number of carbonyl (C=O) groups is 3. The molecule has 148 valence electrons. The number of hydrogen-bond donors (Lipinski definition) is 1. The van der Waals surface area contributed by atoms with E-state index in [1.54, 1.807) is 24.3 Å². The van der Waals surface area contributed by atoms with Crippen molar-refractivity contribution in [1.82, 2.24) is 5.32 Å². The molecule has 0 heterocycles. The van der Waals surface area contributed by atoms with Gasteiger partial charge in [-0.15, -0.1) is 0 Å². The minimum Gasteiger partial charge on any atom is -0.467 e. The number of Topliss-reactive ketones (excluding diaryl/α,β-unsaturated/α-hetero) is 1. The highest BCUT2D eigenvalue weighted by atomic mass is 16.5. The molecule has 0 aliphatic carbocycles. The number of nitrogens with one attached hydrogen (secondary N) is 1. The summed E-state index contributed by atoms with van der Waals surface area (Å²) in [6.07, 6.45) is 0.480. The monoisotopic (exact) mass is 381 g/mol. The third-order valence-corrected chi connectivity index (χ3v) is 4.64. The molecule has 1 amide bonds. The summed E-state index contributed by atoms with van der Waals surface area (Å²) in [7, 11) is 1.30. The molecule has 0 spiro atoms. The number of rotatable bonds is 9. The average molecular weight is 381 g/mol. The van der Waals surface area contributed by atoms with Gasteiger partial charge in [-0.1, -0.05) is 74.5 Å². The summed E-state index contributed by atoms with van der Waals surface area (Å²) in [5.41, 5.74) is 1.53. The van der Waals surface area contributed by atoms with Crippen LogP contribution in [0.15, 0.2) is 60.7 Å². The SMILES string of the molecule is COC(=O)C(NC(=O)C(CC(=O)c1ccccc1)Cc1ccccc1)C(C)C. The molecule has 0 aromatic heterocycles. The first-order valence-corrected chi connectivity index (χ1v) is 9.42. The van der Waals surface area contributed by atoms with Crippen LogP contribution in [0.4, 0.5) is 0 Å². The molecule has 2 atom stereocenters. The Balaban J connectivity index is 2.20. The highest BCUT2D eigenvalue weighted by Crippen LogP contribution is 2.17. The van der Waals surface area contributed by atoms with Crippen LogP contribution in [0.2, 0.25) is 0 Å². The standard InChI is InChI=1S/C23H27NO4/c1-16(2)21(23(27)28-3)24-22(26)19(14-17-10-6-4-7-11-17)15-20(25)18-12-8-5-9-13-18/h4-13,16,19,21H,14-15H2,1-3H3,(H,24,26). The first kappa shape index (κ1) is 21.4. The zero-order chi connectivity index (χ0) is 20.5. The number of hydrogen-bond acceptors (Lipinski definition) is 4. The predicted molar refractivity (Wildman–Crippen MR) is 108 cm³/mol. The zero-order valence-corrected chi connectivity index (χ0v) is 16.6. The van der Waals surface area contributed by atoms with E-state index in [0.717, 1.165) is 5.56 Å². The molecule has 2 unspecified atom stereocenters. The maximum Gasteiger partial charge on any atom is 0.328 e. The fraction of sp³-hybridized carbons (Fsp3) is 0.348. The molecular weight excluding hydrogens is 354 g/mol. The molecule has 1 N–H and O–H groups in total. The Hall–Kier alpha value is -2.95. The van der Waals surface area contributed by atoms with Crippen molar-refractivity contribution < 1.29 is 19.1 Å². The van der Waals surface area contributed by atoms with Crippen LogP contribution in [0.3, 0.4) is 0 Å². The lowest BCUT2D eigenvalue weighted by Crippen LogP contribution is -2.47. The number of methoxy groups -OCH3 is 1. The van der Waals surface area contributed by atoms with Crippen molar-refractivity contribution in [3.63, 3.8) is 0 Å². The highest BCUT2D eigenvalue weighted by molar-refractivity contribution is 5.99. The van der Waals surface area contributed by atoms with Crippen LogP contribution in [0.1, 0.15) is 36.2 Å². The average Bonchev–Trinajstić information content (AvgIpc) is 2.71. The van der Waals surface area contributed by atoms with Gasteiger partial charge in [0.2, 0.25) is 5.91 Å². The topological polar surface area (TPSA) is 72.5 Å². The molecular formula is C23H27NO4. The van der Waals surface area contributed by atoms with Crippen molar-refractivity contribution in [2.75, 3.05) is 7.11 Å². The molecule has 5 heteroatoms. The van der Waals surface area contributed by atoms with Crippen molar-refractivity contribution in [2.24, 2.45) is 11.8 Å². The maximum atomic E-state index is 13.0. The number of ether oxygens (including phenoxy) is 1. The van der Waals surface area contributed by atoms with E-state index in [0.29, 0.717) is 12.0 Å². The molecule has 2 aromatic rings. The Kier molecular flexibility index (Phi) is 7.93. The van der Waals surface area contributed by atoms with Gasteiger partial charge in [0, 0.05) is 17.9 Å². The number of esters is 1. The van der Waals surface area contributed by atoms with E-state index in [1.807, 2.05) is 50.2 Å². The largest absolute Gasteiger partial charge is 0.467 e. The predicted octanol–water partition coefficient (Wildman–Crippen LogP) is 3.43. The third kappa shape index (κ3) is 6.05. The van der Waals surface area contributed by atoms with Gasteiger partial charge in [-0.05, 0) is 17.9 Å². The lowest BCUT2D eigenvalue weighted by atomic mass is 9.90. The van der Waals surface area contributed by atoms with Crippen molar-refractivity contribution in [3.05, 3.63) is 71.8 Å². The number of ketones is 1. The van der Waals surface area contributed by atoms with Gasteiger partial charge in [-0.25, -0.2) is 4.79 Å². The lowest BCUT2D eigenvalue weighted by molar-refractivity contribution is -0.146. The fourth-order valence-corrected chi connectivity index (χ4v) is 3.02. The van der Waals surface area contributed by atoms with Gasteiger partial charge in [0.25, 0.3) is 0 Å². The Morgan fingerprint density at radius 3 is 2.04 bits per heavy atom. The zero-order valence-electron chi connectivity index (χ0n) is 16.6. The summed E-state index contributed by atoms with van der Waals surface area (Å²) in [4.78, 5) is 37.7. The van der Waals surface area contributed by atoms with Gasteiger partial charge in [0.05, 0.1) is 7.11 Å². The summed E-state index contributed by atoms with van der Waals surface area (Å²) in [6.45, 7) is 3.67. The Labute approximate surface area is 166 Å². The number of carbonyl (C=O) groups excluding carboxylic acids is 3. The second kappa shape index (κ2) is 10.4. The molecule has 0 saturated heterocycles. The Bertz CT molecular complexity index is 787. The third-order valence-electron chi connectivity index (χ3n) is 4.64. The Morgan fingerprint density at radius 1 is 0.929 bits per heavy atom. The Morgan fingerprint density at radius 2 is 1.50 bits per heavy atom. The second-order valence-corrected chi connectivity index (χ2v) is 7.13. The van der Waals surface area contributed by atoms with Gasteiger partial charge < -0.3 is 10.1 Å². The van der Waals surface area contributed by atoms with Crippen molar-refractivity contribution in [3.8, 4) is 0 Å². The van der Waals surface area contributed by atoms with Crippen molar-refractivity contribution in [1.29, 1.82) is 0 Å². The van der Waals surface area contributed by atoms with E-state index in [-0.39, 0.29) is 24.0 Å². The first-order valence-electron chi connectivity index (χ1n) is 9.42. The van der Waals surface area contributed by atoms with Gasteiger partial charge >= 0.3 is 5.97 Å². The summed E-state index contributed by atoms with van der Waals surface area (Å²) in [5.74, 6) is -1.62. The molecule has 0 bridgehead atoms. The van der Waals surface area contributed by atoms with Gasteiger partial charge in [0.15, 0.2) is 5.78 Å². The van der Waals surface area contributed by atoms with Gasteiger partial charge in [-0.3, -0.25) is 9.59 Å². The van der Waals surface area contributed by atoms with Crippen LogP contribution in [-0.2, 0) is 20.7 Å². The molecule has 0 aliphatic rings. The van der Waals surface area contributed by atoms with E-state index in [9.17, 15) is 14.4 Å². The molecule has 5 nitrogen and oxygen atoms in total. The lowest BCUT2D eigenvalue weighted by Gasteiger charge is -2.23. The second-order valence-electron chi connectivity index (χ2n) is 7.13. The summed E-state index contributed by atoms with van der Waals surface area (Å²) >= 11 is 0. The minimum atomic E-state index is -0.748. The van der Waals surface area contributed by atoms with Crippen LogP contribution in [0, 0.1) is 11.8 Å². The summed E-state index contributed by atoms with van der Waals surface area (Å²) in [6, 6.07) is 17.7. The van der Waals surface area contributed by atoms with Crippen LogP contribution in [0.25, 0.3) is 0 Å². The normalized spacial score (nSPS) is 12.9. The van der Waals surface area contributed by atoms with E-state index in [4.69, 9.17) is 4.74 Å². The highest BCUT2D eigenvalue weighted by Gasteiger charge is 2.30. The molecule has 0 radical (unpaired) electrons. The molecule has 0 saturated carbocycles. The molecule has 0 aliphatic heterocycles. The van der Waals surface area contributed by atoms with Crippen LogP contribution in [0.5, 0.6) is 0 Å². The number of amides is 1. The van der Waals surface area contributed by atoms with Crippen LogP contribution in [-0.4, -0.2) is 30.8 Å². The van der Waals surface area contributed by atoms with E-state index >= 15 is 0 Å². The van der Waals surface area contributed by atoms with Crippen LogP contribution < -0.4 is 5.32 Å². The van der Waals surface area contributed by atoms with E-state index < -0.39 is 17.9 Å². The molecule has 0 fully saturated rings. The van der Waals surface area contributed by atoms with E-state index in [2.05, 4.69) is 5.32 Å². The summed E-state index contributed by atoms with van der Waals surface area (Å²) in [5, 5.41) is 2.78. The molecule has 2 aromatic carbocycles. The molecule has 2 rings (SSSR count). The first-order chi connectivity index (χ1) is 13.4. The van der Waals surface area contributed by atoms with Gasteiger partial charge in [0.1, 0.15) is 6.04 Å². The fourth-order valence-electron chi connectivity index (χ4n) is 3.02.